The molecule has 52 heteroatoms. The van der Waals surface area contributed by atoms with E-state index in [0.29, 0.717) is 0 Å². The number of hydrogen-bond donors (Lipinski definition) is 0. The molecule has 0 bridgehead atoms. The van der Waals surface area contributed by atoms with Gasteiger partial charge in [0.25, 0.3) is 0 Å². The molecule has 0 radical (unpaired) electrons. The van der Waals surface area contributed by atoms with Crippen LogP contribution in [0.5, 0.6) is 0 Å². The van der Waals surface area contributed by atoms with Crippen LogP contribution >= 0.6 is 0 Å². The number of rotatable bonds is 0. The fraction of sp³-hybridized carbons (Fsp3) is 0. The van der Waals surface area contributed by atoms with E-state index in [1.165, 1.54) is 0 Å². The summed E-state index contributed by atoms with van der Waals surface area (Å²) in [6, 6.07) is 0. The molecule has 0 aliphatic heterocycles. The van der Waals surface area contributed by atoms with E-state index in [1.807, 2.05) is 0 Å². The molecule has 0 heterocycles. The van der Waals surface area contributed by atoms with Crippen LogP contribution in [0.1, 0.15) is 0 Å². The summed E-state index contributed by atoms with van der Waals surface area (Å²) in [5, 5.41) is 152. The Morgan fingerprint density at radius 3 is 0.115 bits per heavy atom. The number of hydrogen-bond acceptors (Lipinski definition) is 18. The maximum Gasteiger partial charge on any atom is 1.00 e. The van der Waals surface area contributed by atoms with Crippen LogP contribution in [-0.2, 0) is 0 Å². The molecular weight excluding hydrogens is 927 g/mol. The molecule has 0 unspecified atom stereocenters. The van der Waals surface area contributed by atoms with Gasteiger partial charge in [-0.15, -0.1) is 0 Å². The predicted molar refractivity (Wildman–Crippen MR) is 70.7 cm³/mol. The van der Waals surface area contributed by atoms with E-state index in [0.717, 1.165) is 0 Å². The van der Waals surface area contributed by atoms with E-state index in [-0.39, 0.29) is 587 Å². The molecule has 28 nitrogen and oxygen atoms in total. The first kappa shape index (κ1) is 260. The summed E-state index contributed by atoms with van der Waals surface area (Å²) in [5.41, 5.74) is 0. The molecule has 0 aromatic carbocycles. The van der Waals surface area contributed by atoms with Gasteiger partial charge < -0.3 is 145 Å². The Bertz CT molecular complexity index is 146. The summed E-state index contributed by atoms with van der Waals surface area (Å²) in [4.78, 5) is 0. The summed E-state index contributed by atoms with van der Waals surface area (Å²) in [7, 11) is -17.5. The summed E-state index contributed by atoms with van der Waals surface area (Å²) < 4.78 is 0. The predicted octanol–water partition coefficient (Wildman–Crippen LogP) is -85.9. The van der Waals surface area contributed by atoms with Crippen LogP contribution in [0.3, 0.4) is 0 Å². The first-order chi connectivity index (χ1) is 10.4. The van der Waals surface area contributed by atoms with Crippen LogP contribution in [0.15, 0.2) is 0 Å². The van der Waals surface area contributed by atoms with Gasteiger partial charge in [-0.25, -0.2) is 0 Å². The molecule has 0 saturated carbocycles. The second kappa shape index (κ2) is 248. The van der Waals surface area contributed by atoms with Gasteiger partial charge in [0, 0.05) is 0 Å². The van der Waals surface area contributed by atoms with Crippen LogP contribution < -0.4 is 622 Å². The fourth-order valence-electron chi connectivity index (χ4n) is 0. The second-order valence-electron chi connectivity index (χ2n) is 1.73. The Labute approximate surface area is 702 Å². The Morgan fingerprint density at radius 2 is 0.115 bits per heavy atom. The molecule has 0 rings (SSSR count). The van der Waals surface area contributed by atoms with E-state index in [9.17, 15) is 0 Å². The van der Waals surface area contributed by atoms with Crippen molar-refractivity contribution >= 4 is 43.9 Å². The monoisotopic (exact) mass is 948 g/mol. The van der Waals surface area contributed by atoms with Crippen LogP contribution in [0.2, 0.25) is 0 Å². The normalized spacial score (nSPS) is 3.12. The van der Waals surface area contributed by atoms with Gasteiger partial charge in [0.2, 0.25) is 0 Å². The molecule has 0 amide bonds. The van der Waals surface area contributed by atoms with E-state index < -0.39 is 43.9 Å². The molecule has 0 aromatic rings. The van der Waals surface area contributed by atoms with Gasteiger partial charge in [-0.1, -0.05) is 0 Å². The van der Waals surface area contributed by atoms with Crippen molar-refractivity contribution in [3.05, 3.63) is 0 Å². The van der Waals surface area contributed by atoms with Crippen LogP contribution in [0, 0.1) is 0 Å². The van der Waals surface area contributed by atoms with Gasteiger partial charge in [0.15, 0.2) is 0 Å². The Balaban J connectivity index is -0.00000000211. The molecule has 20 N–H and O–H groups in total. The summed E-state index contributed by atoms with van der Waals surface area (Å²) in [6.45, 7) is 0. The van der Waals surface area contributed by atoms with Gasteiger partial charge in [0.05, 0.1) is 0 Å². The smallest absolute Gasteiger partial charge is 0.907 e. The Hall–Kier alpha value is 17.3. The molecular formula is H20B6Na18O28. The molecule has 0 aliphatic carbocycles. The Kier molecular flexibility index (Phi) is 1240. The third-order valence-electron chi connectivity index (χ3n) is 0. The molecule has 0 fully saturated rings. The summed E-state index contributed by atoms with van der Waals surface area (Å²) >= 11 is 0. The zero-order valence-corrected chi connectivity index (χ0v) is 69.8. The van der Waals surface area contributed by atoms with Crippen molar-refractivity contribution in [1.29, 1.82) is 0 Å². The van der Waals surface area contributed by atoms with Gasteiger partial charge in [-0.3, -0.25) is 43.9 Å². The van der Waals surface area contributed by atoms with Crippen molar-refractivity contribution in [3.63, 3.8) is 0 Å². The van der Waals surface area contributed by atoms with Crippen molar-refractivity contribution in [3.8, 4) is 0 Å². The average Bonchev–Trinajstić information content (AvgIpc) is 2.08. The fourth-order valence-corrected chi connectivity index (χ4v) is 0. The quantitative estimate of drug-likeness (QED) is 0.203. The molecule has 0 atom stereocenters. The van der Waals surface area contributed by atoms with Gasteiger partial charge in [0.1, 0.15) is 0 Å². The van der Waals surface area contributed by atoms with Crippen molar-refractivity contribution in [1.82, 2.24) is 0 Å². The third kappa shape index (κ3) is 991. The standard InChI is InChI=1S/6BO3.18Na.10H2O/c6*2-1(3)4;;;;;;;;;;;;;;;;;;;;;;;;;;;;/h;;;;;;;;;;;;;;;;;;;;;;;;10*1H2/q6*-3;18*+1;;;;;;;;;;. The van der Waals surface area contributed by atoms with Crippen LogP contribution in [0.25, 0.3) is 0 Å². The van der Waals surface area contributed by atoms with Crippen molar-refractivity contribution in [2.24, 2.45) is 0 Å². The Morgan fingerprint density at radius 1 is 0.115 bits per heavy atom. The largest absolute Gasteiger partial charge is 1.00 e. The summed E-state index contributed by atoms with van der Waals surface area (Å²) in [5.74, 6) is 0. The van der Waals surface area contributed by atoms with E-state index in [4.69, 9.17) is 90.4 Å². The SMILES string of the molecule is O.O.O.O.O.O.O.O.O.O.[Na+].[Na+].[Na+].[Na+].[Na+].[Na+].[Na+].[Na+].[Na+].[Na+].[Na+].[Na+].[Na+].[Na+].[Na+].[Na+].[Na+].[Na+].[O-]B([O-])[O-].[O-]B([O-])[O-].[O-]B([O-])[O-].[O-]B([O-])[O-].[O-]B([O-])[O-].[O-]B([O-])[O-]. The van der Waals surface area contributed by atoms with Crippen molar-refractivity contribution < 1.29 is 677 Å². The van der Waals surface area contributed by atoms with Crippen molar-refractivity contribution in [2.45, 2.75) is 0 Å². The molecule has 224 valence electrons. The van der Waals surface area contributed by atoms with E-state index in [2.05, 4.69) is 0 Å². The average molecular weight is 947 g/mol. The molecule has 0 spiro atoms. The minimum atomic E-state index is -2.92. The molecule has 0 aromatic heterocycles. The second-order valence-corrected chi connectivity index (χ2v) is 1.73. The third-order valence-corrected chi connectivity index (χ3v) is 0. The summed E-state index contributed by atoms with van der Waals surface area (Å²) in [6.07, 6.45) is 0. The molecule has 52 heavy (non-hydrogen) atoms. The topological polar surface area (TPSA) is 730 Å². The van der Waals surface area contributed by atoms with Crippen molar-refractivity contribution in [2.75, 3.05) is 0 Å². The first-order valence-corrected chi connectivity index (χ1v) is 4.24. The van der Waals surface area contributed by atoms with Gasteiger partial charge >= 0.3 is 532 Å². The maximum absolute atomic E-state index is 8.42. The minimum absolute atomic E-state index is 0. The van der Waals surface area contributed by atoms with Gasteiger partial charge in [-0.05, 0) is 0 Å². The zero-order chi connectivity index (χ0) is 21.5. The van der Waals surface area contributed by atoms with E-state index in [1.54, 1.807) is 0 Å². The molecule has 0 aliphatic rings. The maximum atomic E-state index is 8.42. The minimum Gasteiger partial charge on any atom is -0.907 e. The van der Waals surface area contributed by atoms with Crippen LogP contribution in [0.4, 0.5) is 0 Å². The van der Waals surface area contributed by atoms with Gasteiger partial charge in [-0.2, -0.15) is 0 Å². The zero-order valence-electron chi connectivity index (χ0n) is 33.8. The first-order valence-electron chi connectivity index (χ1n) is 4.24. The van der Waals surface area contributed by atoms with Crippen LogP contribution in [-0.4, -0.2) is 98.7 Å². The van der Waals surface area contributed by atoms with E-state index >= 15 is 0 Å². The molecule has 0 saturated heterocycles.